The number of carbonyl (C=O) groups excluding carboxylic acids is 1. The third kappa shape index (κ3) is 3.66. The van der Waals surface area contributed by atoms with Crippen molar-refractivity contribution in [1.82, 2.24) is 16.0 Å². The standard InChI is InChI=1S/C12H23N3O2/c1-9-11(14-5-6-17-9)12(16)15-8-10-3-2-4-13-7-10/h9-11,13-14H,2-8H2,1H3,(H,15,16)/t9-,10?,11+/m1/s1. The van der Waals surface area contributed by atoms with Crippen LogP contribution < -0.4 is 16.0 Å². The molecular formula is C12H23N3O2. The Morgan fingerprint density at radius 3 is 3.06 bits per heavy atom. The fourth-order valence-corrected chi connectivity index (χ4v) is 2.48. The molecule has 2 fully saturated rings. The molecule has 3 atom stereocenters. The second kappa shape index (κ2) is 6.33. The van der Waals surface area contributed by atoms with E-state index < -0.39 is 0 Å². The lowest BCUT2D eigenvalue weighted by Gasteiger charge is -2.30. The van der Waals surface area contributed by atoms with Gasteiger partial charge in [-0.15, -0.1) is 0 Å². The molecular weight excluding hydrogens is 218 g/mol. The number of rotatable bonds is 3. The summed E-state index contributed by atoms with van der Waals surface area (Å²) in [5.74, 6) is 0.648. The first-order valence-corrected chi connectivity index (χ1v) is 6.61. The maximum atomic E-state index is 12.0. The smallest absolute Gasteiger partial charge is 0.239 e. The van der Waals surface area contributed by atoms with E-state index in [1.165, 1.54) is 12.8 Å². The molecule has 3 N–H and O–H groups in total. The van der Waals surface area contributed by atoms with Gasteiger partial charge in [0, 0.05) is 13.1 Å². The quantitative estimate of drug-likeness (QED) is 0.622. The summed E-state index contributed by atoms with van der Waals surface area (Å²) < 4.78 is 5.47. The number of ether oxygens (including phenoxy) is 1. The summed E-state index contributed by atoms with van der Waals surface area (Å²) >= 11 is 0. The van der Waals surface area contributed by atoms with Gasteiger partial charge in [-0.05, 0) is 38.8 Å². The van der Waals surface area contributed by atoms with Crippen molar-refractivity contribution in [3.8, 4) is 0 Å². The molecule has 5 heteroatoms. The third-order valence-corrected chi connectivity index (χ3v) is 3.56. The molecule has 2 aliphatic heterocycles. The topological polar surface area (TPSA) is 62.4 Å². The van der Waals surface area contributed by atoms with E-state index in [0.29, 0.717) is 12.5 Å². The van der Waals surface area contributed by atoms with E-state index in [1.54, 1.807) is 0 Å². The number of amides is 1. The lowest BCUT2D eigenvalue weighted by molar-refractivity contribution is -0.129. The number of hydrogen-bond acceptors (Lipinski definition) is 4. The predicted octanol–water partition coefficient (Wildman–Crippen LogP) is -0.521. The first kappa shape index (κ1) is 12.8. The van der Waals surface area contributed by atoms with Gasteiger partial charge < -0.3 is 20.7 Å². The molecule has 0 radical (unpaired) electrons. The molecule has 17 heavy (non-hydrogen) atoms. The van der Waals surface area contributed by atoms with Gasteiger partial charge in [0.15, 0.2) is 0 Å². The number of carbonyl (C=O) groups is 1. The molecule has 1 amide bonds. The van der Waals surface area contributed by atoms with Crippen molar-refractivity contribution >= 4 is 5.91 Å². The first-order chi connectivity index (χ1) is 8.27. The van der Waals surface area contributed by atoms with Crippen LogP contribution in [0.15, 0.2) is 0 Å². The van der Waals surface area contributed by atoms with Crippen LogP contribution in [0.4, 0.5) is 0 Å². The zero-order chi connectivity index (χ0) is 12.1. The Kier molecular flexibility index (Phi) is 4.76. The molecule has 0 aromatic rings. The van der Waals surface area contributed by atoms with E-state index in [4.69, 9.17) is 4.74 Å². The Labute approximate surface area is 103 Å². The SMILES string of the molecule is C[C@H]1OCCN[C@@H]1C(=O)NCC1CCCNC1. The van der Waals surface area contributed by atoms with E-state index in [9.17, 15) is 4.79 Å². The Balaban J connectivity index is 1.72. The fourth-order valence-electron chi connectivity index (χ4n) is 2.48. The van der Waals surface area contributed by atoms with Gasteiger partial charge in [-0.3, -0.25) is 4.79 Å². The summed E-state index contributed by atoms with van der Waals surface area (Å²) in [6.07, 6.45) is 2.38. The van der Waals surface area contributed by atoms with Crippen LogP contribution in [0.1, 0.15) is 19.8 Å². The Morgan fingerprint density at radius 2 is 2.35 bits per heavy atom. The van der Waals surface area contributed by atoms with Gasteiger partial charge in [0.2, 0.25) is 5.91 Å². The summed E-state index contributed by atoms with van der Waals surface area (Å²) in [4.78, 5) is 12.0. The fraction of sp³-hybridized carbons (Fsp3) is 0.917. The molecule has 0 saturated carbocycles. The van der Waals surface area contributed by atoms with Crippen LogP contribution in [-0.2, 0) is 9.53 Å². The number of nitrogens with one attached hydrogen (secondary N) is 3. The monoisotopic (exact) mass is 241 g/mol. The molecule has 98 valence electrons. The van der Waals surface area contributed by atoms with Crippen molar-refractivity contribution < 1.29 is 9.53 Å². The zero-order valence-electron chi connectivity index (χ0n) is 10.5. The molecule has 0 aromatic carbocycles. The highest BCUT2D eigenvalue weighted by Crippen LogP contribution is 2.09. The highest BCUT2D eigenvalue weighted by Gasteiger charge is 2.28. The molecule has 2 heterocycles. The minimum absolute atomic E-state index is 0.0340. The number of piperidine rings is 1. The molecule has 2 rings (SSSR count). The van der Waals surface area contributed by atoms with Crippen molar-refractivity contribution in [2.24, 2.45) is 5.92 Å². The minimum atomic E-state index is -0.194. The van der Waals surface area contributed by atoms with Crippen LogP contribution >= 0.6 is 0 Å². The van der Waals surface area contributed by atoms with Crippen LogP contribution in [0.3, 0.4) is 0 Å². The third-order valence-electron chi connectivity index (χ3n) is 3.56. The van der Waals surface area contributed by atoms with Crippen molar-refractivity contribution in [3.05, 3.63) is 0 Å². The molecule has 0 bridgehead atoms. The molecule has 0 spiro atoms. The lowest BCUT2D eigenvalue weighted by atomic mass is 9.99. The maximum absolute atomic E-state index is 12.0. The Morgan fingerprint density at radius 1 is 1.47 bits per heavy atom. The lowest BCUT2D eigenvalue weighted by Crippen LogP contribution is -2.56. The summed E-state index contributed by atoms with van der Waals surface area (Å²) in [6, 6.07) is -0.194. The maximum Gasteiger partial charge on any atom is 0.239 e. The zero-order valence-corrected chi connectivity index (χ0v) is 10.5. The van der Waals surface area contributed by atoms with E-state index in [2.05, 4.69) is 16.0 Å². The van der Waals surface area contributed by atoms with E-state index in [-0.39, 0.29) is 18.1 Å². The summed E-state index contributed by atoms with van der Waals surface area (Å²) in [5.41, 5.74) is 0. The van der Waals surface area contributed by atoms with Gasteiger partial charge in [0.05, 0.1) is 12.7 Å². The average molecular weight is 241 g/mol. The van der Waals surface area contributed by atoms with Gasteiger partial charge >= 0.3 is 0 Å². The van der Waals surface area contributed by atoms with Crippen molar-refractivity contribution in [2.45, 2.75) is 31.9 Å². The van der Waals surface area contributed by atoms with Crippen LogP contribution in [0, 0.1) is 5.92 Å². The first-order valence-electron chi connectivity index (χ1n) is 6.61. The van der Waals surface area contributed by atoms with Crippen LogP contribution in [0.2, 0.25) is 0 Å². The van der Waals surface area contributed by atoms with Gasteiger partial charge in [0.25, 0.3) is 0 Å². The van der Waals surface area contributed by atoms with Crippen LogP contribution in [-0.4, -0.2) is 50.8 Å². The number of morpholine rings is 1. The summed E-state index contributed by atoms with van der Waals surface area (Å²) in [7, 11) is 0. The van der Waals surface area contributed by atoms with E-state index >= 15 is 0 Å². The normalized spacial score (nSPS) is 34.3. The number of hydrogen-bond donors (Lipinski definition) is 3. The van der Waals surface area contributed by atoms with Crippen molar-refractivity contribution in [1.29, 1.82) is 0 Å². The van der Waals surface area contributed by atoms with Gasteiger partial charge in [-0.25, -0.2) is 0 Å². The minimum Gasteiger partial charge on any atom is -0.375 e. The molecule has 2 saturated heterocycles. The molecule has 2 aliphatic rings. The van der Waals surface area contributed by atoms with E-state index in [0.717, 1.165) is 26.2 Å². The average Bonchev–Trinajstić information content (AvgIpc) is 2.38. The highest BCUT2D eigenvalue weighted by atomic mass is 16.5. The highest BCUT2D eigenvalue weighted by molar-refractivity contribution is 5.82. The summed E-state index contributed by atoms with van der Waals surface area (Å²) in [5, 5.41) is 9.59. The van der Waals surface area contributed by atoms with Crippen LogP contribution in [0.5, 0.6) is 0 Å². The summed E-state index contributed by atoms with van der Waals surface area (Å²) in [6.45, 7) is 6.30. The van der Waals surface area contributed by atoms with Crippen molar-refractivity contribution in [2.75, 3.05) is 32.8 Å². The Hall–Kier alpha value is -0.650. The van der Waals surface area contributed by atoms with Crippen LogP contribution in [0.25, 0.3) is 0 Å². The largest absolute Gasteiger partial charge is 0.375 e. The van der Waals surface area contributed by atoms with Gasteiger partial charge in [0.1, 0.15) is 6.04 Å². The van der Waals surface area contributed by atoms with Crippen molar-refractivity contribution in [3.63, 3.8) is 0 Å². The predicted molar refractivity (Wildman–Crippen MR) is 65.8 cm³/mol. The van der Waals surface area contributed by atoms with Gasteiger partial charge in [-0.2, -0.15) is 0 Å². The second-order valence-electron chi connectivity index (χ2n) is 4.97. The molecule has 5 nitrogen and oxygen atoms in total. The molecule has 0 aromatic heterocycles. The second-order valence-corrected chi connectivity index (χ2v) is 4.97. The molecule has 0 aliphatic carbocycles. The molecule has 1 unspecified atom stereocenters. The van der Waals surface area contributed by atoms with Gasteiger partial charge in [-0.1, -0.05) is 0 Å². The van der Waals surface area contributed by atoms with E-state index in [1.807, 2.05) is 6.92 Å². The Bertz CT molecular complexity index is 254.